The summed E-state index contributed by atoms with van der Waals surface area (Å²) >= 11 is 5.99. The smallest absolute Gasteiger partial charge is 0.288 e. The Bertz CT molecular complexity index is 1200. The number of amides is 1. The van der Waals surface area contributed by atoms with Crippen molar-refractivity contribution in [2.24, 2.45) is 10.7 Å². The number of amidine groups is 1. The summed E-state index contributed by atoms with van der Waals surface area (Å²) in [4.78, 5) is 33.1. The molecule has 4 rings (SSSR count). The van der Waals surface area contributed by atoms with Crippen molar-refractivity contribution in [1.29, 1.82) is 5.41 Å². The van der Waals surface area contributed by atoms with Crippen molar-refractivity contribution < 1.29 is 9.53 Å². The maximum Gasteiger partial charge on any atom is 0.288 e. The molecule has 10 nitrogen and oxygen atoms in total. The van der Waals surface area contributed by atoms with Crippen LogP contribution in [0.25, 0.3) is 0 Å². The molecule has 11 heteroatoms. The molecule has 1 aromatic heterocycles. The summed E-state index contributed by atoms with van der Waals surface area (Å²) in [6, 6.07) is 8.13. The fourth-order valence-electron chi connectivity index (χ4n) is 5.56. The Hall–Kier alpha value is -3.24. The van der Waals surface area contributed by atoms with Gasteiger partial charge in [0.25, 0.3) is 11.9 Å². The molecule has 2 atom stereocenters. The standard InChI is InChI=1S/C28H39ClN8O2/c1-5-22-17-36(26-19(4)34-24(15-33-26)25(30)39-28(31)32-6-2)18(3)16-37(22)23-11-13-35(14-12-23)27(38)20-7-9-21(29)10-8-20/h7-10,15,18,22-23,30H,5-6,11-14,16-17H2,1-4H3,(H2,31,32)/t18-,22+/m1/s1. The minimum atomic E-state index is -0.169. The fourth-order valence-corrected chi connectivity index (χ4v) is 5.68. The summed E-state index contributed by atoms with van der Waals surface area (Å²) in [6.45, 7) is 12.0. The topological polar surface area (TPSA) is 124 Å². The second kappa shape index (κ2) is 12.7. The van der Waals surface area contributed by atoms with Crippen LogP contribution >= 0.6 is 11.6 Å². The number of halogens is 1. The predicted molar refractivity (Wildman–Crippen MR) is 155 cm³/mol. The van der Waals surface area contributed by atoms with Gasteiger partial charge in [-0.1, -0.05) is 18.5 Å². The van der Waals surface area contributed by atoms with Crippen molar-refractivity contribution in [1.82, 2.24) is 19.8 Å². The van der Waals surface area contributed by atoms with Crippen LogP contribution in [0.4, 0.5) is 5.82 Å². The van der Waals surface area contributed by atoms with E-state index >= 15 is 0 Å². The van der Waals surface area contributed by atoms with Crippen molar-refractivity contribution in [2.75, 3.05) is 37.6 Å². The lowest BCUT2D eigenvalue weighted by atomic mass is 9.96. The highest BCUT2D eigenvalue weighted by Gasteiger charge is 2.37. The zero-order valence-corrected chi connectivity index (χ0v) is 24.0. The van der Waals surface area contributed by atoms with Crippen LogP contribution < -0.4 is 10.6 Å². The summed E-state index contributed by atoms with van der Waals surface area (Å²) in [5.41, 5.74) is 7.44. The molecule has 0 spiro atoms. The lowest BCUT2D eigenvalue weighted by Gasteiger charge is -2.50. The zero-order valence-electron chi connectivity index (χ0n) is 23.2. The highest BCUT2D eigenvalue weighted by Crippen LogP contribution is 2.29. The van der Waals surface area contributed by atoms with Gasteiger partial charge in [0.15, 0.2) is 0 Å². The number of hydrogen-bond donors (Lipinski definition) is 2. The highest BCUT2D eigenvalue weighted by molar-refractivity contribution is 6.30. The largest absolute Gasteiger partial charge is 0.405 e. The third-order valence-corrected chi connectivity index (χ3v) is 7.86. The van der Waals surface area contributed by atoms with E-state index in [1.165, 1.54) is 0 Å². The molecule has 2 aromatic rings. The Labute approximate surface area is 235 Å². The van der Waals surface area contributed by atoms with E-state index in [4.69, 9.17) is 27.5 Å². The number of nitrogens with two attached hydrogens (primary N) is 1. The van der Waals surface area contributed by atoms with Gasteiger partial charge in [0.2, 0.25) is 5.90 Å². The number of likely N-dealkylation sites (tertiary alicyclic amines) is 1. The van der Waals surface area contributed by atoms with Crippen molar-refractivity contribution >= 4 is 35.2 Å². The molecule has 210 valence electrons. The second-order valence-electron chi connectivity index (χ2n) is 10.2. The number of piperazine rings is 1. The van der Waals surface area contributed by atoms with E-state index in [0.29, 0.717) is 34.9 Å². The minimum Gasteiger partial charge on any atom is -0.405 e. The van der Waals surface area contributed by atoms with Crippen LogP contribution in [0.2, 0.25) is 5.02 Å². The first-order valence-corrected chi connectivity index (χ1v) is 14.1. The summed E-state index contributed by atoms with van der Waals surface area (Å²) in [7, 11) is 0. The predicted octanol–water partition coefficient (Wildman–Crippen LogP) is 3.71. The quantitative estimate of drug-likeness (QED) is 0.412. The van der Waals surface area contributed by atoms with Gasteiger partial charge >= 0.3 is 0 Å². The number of hydrogen-bond acceptors (Lipinski definition) is 8. The molecule has 3 heterocycles. The highest BCUT2D eigenvalue weighted by atomic mass is 35.5. The Morgan fingerprint density at radius 3 is 2.51 bits per heavy atom. The second-order valence-corrected chi connectivity index (χ2v) is 10.6. The van der Waals surface area contributed by atoms with Crippen LogP contribution in [0.15, 0.2) is 35.5 Å². The number of ether oxygens (including phenoxy) is 1. The molecule has 2 saturated heterocycles. The number of aromatic nitrogens is 2. The average molecular weight is 555 g/mol. The van der Waals surface area contributed by atoms with E-state index in [9.17, 15) is 4.79 Å². The van der Waals surface area contributed by atoms with Gasteiger partial charge in [0, 0.05) is 61.4 Å². The van der Waals surface area contributed by atoms with Gasteiger partial charge in [0.1, 0.15) is 11.5 Å². The van der Waals surface area contributed by atoms with Gasteiger partial charge < -0.3 is 20.3 Å². The van der Waals surface area contributed by atoms with E-state index in [0.717, 1.165) is 57.0 Å². The molecule has 2 aliphatic heterocycles. The number of carbonyl (C=O) groups is 1. The summed E-state index contributed by atoms with van der Waals surface area (Å²) in [5.74, 6) is 0.736. The Kier molecular flexibility index (Phi) is 9.40. The van der Waals surface area contributed by atoms with E-state index in [-0.39, 0.29) is 23.9 Å². The number of benzene rings is 1. The normalized spacial score (nSPS) is 21.2. The third kappa shape index (κ3) is 6.67. The molecular weight excluding hydrogens is 516 g/mol. The number of nitrogens with one attached hydrogen (secondary N) is 1. The number of carbonyl (C=O) groups excluding carboxylic acids is 1. The van der Waals surface area contributed by atoms with Gasteiger partial charge in [-0.15, -0.1) is 0 Å². The van der Waals surface area contributed by atoms with Gasteiger partial charge in [-0.25, -0.2) is 15.0 Å². The Morgan fingerprint density at radius 1 is 1.21 bits per heavy atom. The maximum atomic E-state index is 13.0. The summed E-state index contributed by atoms with van der Waals surface area (Å²) in [5, 5.41) is 8.79. The number of piperidine rings is 1. The van der Waals surface area contributed by atoms with Crippen LogP contribution in [-0.2, 0) is 4.74 Å². The first-order chi connectivity index (χ1) is 18.7. The molecule has 3 N–H and O–H groups in total. The summed E-state index contributed by atoms with van der Waals surface area (Å²) < 4.78 is 5.26. The minimum absolute atomic E-state index is 0.0539. The fraction of sp³-hybridized carbons (Fsp3) is 0.536. The van der Waals surface area contributed by atoms with Crippen molar-refractivity contribution in [3.8, 4) is 0 Å². The van der Waals surface area contributed by atoms with Gasteiger partial charge in [-0.3, -0.25) is 15.1 Å². The molecular formula is C28H39ClN8O2. The van der Waals surface area contributed by atoms with Crippen LogP contribution in [0, 0.1) is 12.3 Å². The van der Waals surface area contributed by atoms with Crippen LogP contribution in [-0.4, -0.2) is 88.4 Å². The number of nitrogens with zero attached hydrogens (tertiary/aromatic N) is 6. The van der Waals surface area contributed by atoms with E-state index < -0.39 is 0 Å². The van der Waals surface area contributed by atoms with E-state index in [1.54, 1.807) is 30.5 Å². The number of aliphatic imine (C=N–C) groups is 1. The van der Waals surface area contributed by atoms with E-state index in [2.05, 4.69) is 38.6 Å². The van der Waals surface area contributed by atoms with Crippen LogP contribution in [0.1, 0.15) is 61.8 Å². The lowest BCUT2D eigenvalue weighted by Crippen LogP contribution is -2.62. The Balaban J connectivity index is 1.39. The molecule has 2 fully saturated rings. The van der Waals surface area contributed by atoms with Crippen molar-refractivity contribution in [3.05, 3.63) is 52.4 Å². The average Bonchev–Trinajstić information content (AvgIpc) is 2.93. The van der Waals surface area contributed by atoms with Crippen molar-refractivity contribution in [2.45, 2.75) is 65.1 Å². The molecule has 2 aliphatic rings. The molecule has 0 unspecified atom stereocenters. The van der Waals surface area contributed by atoms with Crippen LogP contribution in [0.5, 0.6) is 0 Å². The van der Waals surface area contributed by atoms with Gasteiger partial charge in [-0.05, 0) is 64.3 Å². The SMILES string of the molecule is CCN=C(N)OC(=N)c1cnc(N2C[C@H](CC)N(C3CCN(C(=O)c4ccc(Cl)cc4)CC3)C[C@H]2C)c(C)n1. The zero-order chi connectivity index (χ0) is 28.1. The molecule has 0 bridgehead atoms. The first kappa shape index (κ1) is 28.8. The number of anilines is 1. The van der Waals surface area contributed by atoms with Crippen LogP contribution in [0.3, 0.4) is 0 Å². The molecule has 1 aromatic carbocycles. The first-order valence-electron chi connectivity index (χ1n) is 13.7. The monoisotopic (exact) mass is 554 g/mol. The molecule has 39 heavy (non-hydrogen) atoms. The summed E-state index contributed by atoms with van der Waals surface area (Å²) in [6.07, 6.45) is 4.51. The number of rotatable bonds is 6. The van der Waals surface area contributed by atoms with Gasteiger partial charge in [-0.2, -0.15) is 0 Å². The van der Waals surface area contributed by atoms with Gasteiger partial charge in [0.05, 0.1) is 11.9 Å². The van der Waals surface area contributed by atoms with Crippen molar-refractivity contribution in [3.63, 3.8) is 0 Å². The number of aryl methyl sites for hydroxylation is 1. The third-order valence-electron chi connectivity index (χ3n) is 7.61. The molecule has 0 radical (unpaired) electrons. The lowest BCUT2D eigenvalue weighted by molar-refractivity contribution is 0.0434. The molecule has 0 saturated carbocycles. The maximum absolute atomic E-state index is 13.0. The molecule has 0 aliphatic carbocycles. The van der Waals surface area contributed by atoms with E-state index in [1.807, 2.05) is 18.7 Å². The molecule has 1 amide bonds. The Morgan fingerprint density at radius 2 is 1.90 bits per heavy atom.